The fourth-order valence-corrected chi connectivity index (χ4v) is 5.70. The fraction of sp³-hybridized carbons (Fsp3) is 0.706. The van der Waals surface area contributed by atoms with E-state index in [1.54, 1.807) is 5.38 Å². The molecule has 3 rings (SSSR count). The zero-order chi connectivity index (χ0) is 17.9. The number of nitrogens with one attached hydrogen (secondary N) is 1. The van der Waals surface area contributed by atoms with Crippen LogP contribution in [-0.2, 0) is 10.0 Å². The van der Waals surface area contributed by atoms with E-state index in [9.17, 15) is 13.2 Å². The Hall–Kier alpha value is -0.960. The maximum absolute atomic E-state index is 12.5. The molecule has 6 nitrogen and oxygen atoms in total. The van der Waals surface area contributed by atoms with Crippen LogP contribution in [0.15, 0.2) is 15.7 Å². The first-order chi connectivity index (χ1) is 11.9. The first-order valence-electron chi connectivity index (χ1n) is 9.05. The lowest BCUT2D eigenvalue weighted by molar-refractivity contribution is 0.0327. The Morgan fingerprint density at radius 2 is 1.80 bits per heavy atom. The number of carbonyl (C=O) groups excluding carboxylic acids is 1. The first kappa shape index (κ1) is 18.8. The molecular formula is C17H27N3O3S2. The Morgan fingerprint density at radius 3 is 2.40 bits per heavy atom. The second-order valence-electron chi connectivity index (χ2n) is 7.21. The number of sulfonamides is 1. The Kier molecular flexibility index (Phi) is 5.82. The van der Waals surface area contributed by atoms with Crippen LogP contribution in [0.1, 0.15) is 61.7 Å². The molecule has 0 aromatic carbocycles. The van der Waals surface area contributed by atoms with Crippen molar-refractivity contribution < 1.29 is 13.2 Å². The van der Waals surface area contributed by atoms with Crippen molar-refractivity contribution in [3.8, 4) is 0 Å². The standard InChI is InChI=1S/C17H27N3O3S2/c18-25(22,23)15-11-14(12-24-15)16(21)19-13-17(7-3-1-4-8-17)20-9-5-2-6-10-20/h11-12H,1-10,13H2,(H,19,21)(H2,18,22,23). The molecule has 1 amide bonds. The lowest BCUT2D eigenvalue weighted by atomic mass is 9.79. The number of hydrogen-bond donors (Lipinski definition) is 2. The molecule has 0 atom stereocenters. The van der Waals surface area contributed by atoms with Crippen molar-refractivity contribution in [2.45, 2.75) is 61.1 Å². The van der Waals surface area contributed by atoms with E-state index in [-0.39, 0.29) is 15.7 Å². The summed E-state index contributed by atoms with van der Waals surface area (Å²) in [6.45, 7) is 2.86. The van der Waals surface area contributed by atoms with Crippen LogP contribution in [0.2, 0.25) is 0 Å². The molecule has 1 saturated carbocycles. The molecule has 1 saturated heterocycles. The van der Waals surface area contributed by atoms with E-state index in [0.717, 1.165) is 37.3 Å². The van der Waals surface area contributed by atoms with Crippen molar-refractivity contribution in [1.82, 2.24) is 10.2 Å². The number of nitrogens with two attached hydrogens (primary N) is 1. The highest BCUT2D eigenvalue weighted by Crippen LogP contribution is 2.35. The summed E-state index contributed by atoms with van der Waals surface area (Å²) in [6, 6.07) is 1.36. The molecule has 1 aliphatic heterocycles. The van der Waals surface area contributed by atoms with Crippen molar-refractivity contribution in [3.63, 3.8) is 0 Å². The fourth-order valence-electron chi connectivity index (χ4n) is 4.11. The molecule has 1 aromatic heterocycles. The van der Waals surface area contributed by atoms with E-state index in [2.05, 4.69) is 10.2 Å². The maximum atomic E-state index is 12.5. The molecule has 2 aliphatic rings. The molecule has 8 heteroatoms. The summed E-state index contributed by atoms with van der Waals surface area (Å²) in [6.07, 6.45) is 9.70. The van der Waals surface area contributed by atoms with Crippen molar-refractivity contribution in [2.24, 2.45) is 5.14 Å². The van der Waals surface area contributed by atoms with Gasteiger partial charge in [-0.15, -0.1) is 11.3 Å². The van der Waals surface area contributed by atoms with Crippen LogP contribution in [0.4, 0.5) is 0 Å². The average molecular weight is 386 g/mol. The van der Waals surface area contributed by atoms with Crippen molar-refractivity contribution in [3.05, 3.63) is 17.0 Å². The smallest absolute Gasteiger partial charge is 0.252 e. The van der Waals surface area contributed by atoms with Crippen LogP contribution < -0.4 is 10.5 Å². The molecule has 0 spiro atoms. The number of hydrogen-bond acceptors (Lipinski definition) is 5. The van der Waals surface area contributed by atoms with Gasteiger partial charge in [-0.25, -0.2) is 13.6 Å². The third-order valence-electron chi connectivity index (χ3n) is 5.51. The number of nitrogens with zero attached hydrogens (tertiary/aromatic N) is 1. The van der Waals surface area contributed by atoms with Crippen LogP contribution in [0.25, 0.3) is 0 Å². The summed E-state index contributed by atoms with van der Waals surface area (Å²) >= 11 is 0.989. The molecule has 2 heterocycles. The second-order valence-corrected chi connectivity index (χ2v) is 9.91. The first-order valence-corrected chi connectivity index (χ1v) is 11.5. The number of rotatable bonds is 5. The minimum atomic E-state index is -3.75. The molecule has 3 N–H and O–H groups in total. The van der Waals surface area contributed by atoms with Gasteiger partial charge in [-0.3, -0.25) is 9.69 Å². The van der Waals surface area contributed by atoms with Crippen molar-refractivity contribution >= 4 is 27.3 Å². The molecule has 1 aliphatic carbocycles. The highest BCUT2D eigenvalue weighted by Gasteiger charge is 2.38. The summed E-state index contributed by atoms with van der Waals surface area (Å²) in [5.41, 5.74) is 0.436. The van der Waals surface area contributed by atoms with Gasteiger partial charge in [0, 0.05) is 17.5 Å². The quantitative estimate of drug-likeness (QED) is 0.813. The van der Waals surface area contributed by atoms with E-state index in [1.165, 1.54) is 44.6 Å². The summed E-state index contributed by atoms with van der Waals surface area (Å²) in [4.78, 5) is 15.1. The van der Waals surface area contributed by atoms with Gasteiger partial charge in [-0.2, -0.15) is 0 Å². The zero-order valence-corrected chi connectivity index (χ0v) is 16.1. The topological polar surface area (TPSA) is 92.5 Å². The van der Waals surface area contributed by atoms with Gasteiger partial charge < -0.3 is 5.32 Å². The van der Waals surface area contributed by atoms with Gasteiger partial charge in [0.15, 0.2) is 0 Å². The number of thiophene rings is 1. The number of carbonyl (C=O) groups is 1. The Morgan fingerprint density at radius 1 is 1.16 bits per heavy atom. The average Bonchev–Trinajstić information content (AvgIpc) is 3.12. The predicted molar refractivity (Wildman–Crippen MR) is 99.3 cm³/mol. The van der Waals surface area contributed by atoms with E-state index in [1.807, 2.05) is 0 Å². The van der Waals surface area contributed by atoms with Crippen LogP contribution in [0.5, 0.6) is 0 Å². The number of likely N-dealkylation sites (tertiary alicyclic amines) is 1. The van der Waals surface area contributed by atoms with Gasteiger partial charge in [0.2, 0.25) is 10.0 Å². The second kappa shape index (κ2) is 7.73. The van der Waals surface area contributed by atoms with E-state index < -0.39 is 10.0 Å². The third kappa shape index (κ3) is 4.42. The molecular weight excluding hydrogens is 358 g/mol. The lowest BCUT2D eigenvalue weighted by Gasteiger charge is -2.48. The largest absolute Gasteiger partial charge is 0.350 e. The number of primary sulfonamides is 1. The van der Waals surface area contributed by atoms with Crippen LogP contribution in [0.3, 0.4) is 0 Å². The molecule has 0 unspecified atom stereocenters. The normalized spacial score (nSPS) is 21.8. The van der Waals surface area contributed by atoms with Gasteiger partial charge in [0.1, 0.15) is 4.21 Å². The molecule has 2 fully saturated rings. The SMILES string of the molecule is NS(=O)(=O)c1cc(C(=O)NCC2(N3CCCCC3)CCCCC2)cs1. The van der Waals surface area contributed by atoms with Crippen LogP contribution in [-0.4, -0.2) is 44.4 Å². The summed E-state index contributed by atoms with van der Waals surface area (Å²) in [7, 11) is -3.75. The predicted octanol–water partition coefficient (Wildman–Crippen LogP) is 2.31. The van der Waals surface area contributed by atoms with Gasteiger partial charge in [0.25, 0.3) is 5.91 Å². The van der Waals surface area contributed by atoms with Gasteiger partial charge in [0.05, 0.1) is 5.56 Å². The minimum Gasteiger partial charge on any atom is -0.350 e. The van der Waals surface area contributed by atoms with E-state index in [0.29, 0.717) is 12.1 Å². The van der Waals surface area contributed by atoms with Crippen molar-refractivity contribution in [2.75, 3.05) is 19.6 Å². The highest BCUT2D eigenvalue weighted by molar-refractivity contribution is 7.91. The number of piperidine rings is 1. The van der Waals surface area contributed by atoms with Crippen LogP contribution in [0, 0.1) is 0 Å². The molecule has 25 heavy (non-hydrogen) atoms. The highest BCUT2D eigenvalue weighted by atomic mass is 32.2. The van der Waals surface area contributed by atoms with E-state index >= 15 is 0 Å². The van der Waals surface area contributed by atoms with Gasteiger partial charge in [-0.1, -0.05) is 25.7 Å². The third-order valence-corrected chi connectivity index (χ3v) is 7.89. The number of amides is 1. The van der Waals surface area contributed by atoms with Crippen LogP contribution >= 0.6 is 11.3 Å². The summed E-state index contributed by atoms with van der Waals surface area (Å²) < 4.78 is 22.8. The summed E-state index contributed by atoms with van der Waals surface area (Å²) in [5.74, 6) is -0.215. The minimum absolute atomic E-state index is 0.0288. The molecule has 1 aromatic rings. The van der Waals surface area contributed by atoms with Crippen molar-refractivity contribution in [1.29, 1.82) is 0 Å². The lowest BCUT2D eigenvalue weighted by Crippen LogP contribution is -2.58. The Balaban J connectivity index is 1.68. The zero-order valence-electron chi connectivity index (χ0n) is 14.5. The Labute approximate surface area is 153 Å². The molecule has 140 valence electrons. The molecule has 0 bridgehead atoms. The maximum Gasteiger partial charge on any atom is 0.252 e. The monoisotopic (exact) mass is 385 g/mol. The summed E-state index contributed by atoms with van der Waals surface area (Å²) in [5, 5.41) is 9.74. The van der Waals surface area contributed by atoms with Gasteiger partial charge in [-0.05, 0) is 44.8 Å². The van der Waals surface area contributed by atoms with Gasteiger partial charge >= 0.3 is 0 Å². The molecule has 0 radical (unpaired) electrons. The van der Waals surface area contributed by atoms with E-state index in [4.69, 9.17) is 5.14 Å². The Bertz CT molecular complexity index is 702.